The first-order valence-corrected chi connectivity index (χ1v) is 7.09. The number of aryl methyl sites for hydroxylation is 2. The van der Waals surface area contributed by atoms with Crippen LogP contribution < -0.4 is 10.5 Å². The third-order valence-electron chi connectivity index (χ3n) is 4.19. The number of fused-ring (bicyclic) bond motifs is 1. The van der Waals surface area contributed by atoms with Gasteiger partial charge in [0.2, 0.25) is 5.88 Å². The lowest BCUT2D eigenvalue weighted by molar-refractivity contribution is 0.0643. The maximum Gasteiger partial charge on any atom is 0.232 e. The van der Waals surface area contributed by atoms with E-state index in [1.807, 2.05) is 6.07 Å². The van der Waals surface area contributed by atoms with Crippen LogP contribution in [0.15, 0.2) is 6.07 Å². The van der Waals surface area contributed by atoms with Gasteiger partial charge in [0.15, 0.2) is 0 Å². The molecule has 0 amide bonds. The molecule has 1 aromatic rings. The molecular formula is C15H19N3O. The number of nitrogens with zero attached hydrogens (tertiary/aromatic N) is 2. The fourth-order valence-electron chi connectivity index (χ4n) is 2.91. The molecule has 1 aromatic heterocycles. The summed E-state index contributed by atoms with van der Waals surface area (Å²) in [6.07, 6.45) is 6.59. The maximum absolute atomic E-state index is 9.23. The van der Waals surface area contributed by atoms with Crippen molar-refractivity contribution < 1.29 is 4.74 Å². The predicted octanol–water partition coefficient (Wildman–Crippen LogP) is 1.95. The van der Waals surface area contributed by atoms with Crippen molar-refractivity contribution in [2.45, 2.75) is 44.6 Å². The quantitative estimate of drug-likeness (QED) is 0.898. The van der Waals surface area contributed by atoms with Crippen molar-refractivity contribution in [1.29, 1.82) is 5.26 Å². The van der Waals surface area contributed by atoms with Gasteiger partial charge in [-0.2, -0.15) is 5.26 Å². The number of hydrogen-bond donors (Lipinski definition) is 1. The first-order valence-electron chi connectivity index (χ1n) is 7.09. The van der Waals surface area contributed by atoms with E-state index < -0.39 is 0 Å². The van der Waals surface area contributed by atoms with Crippen LogP contribution in [0.4, 0.5) is 0 Å². The molecule has 19 heavy (non-hydrogen) atoms. The van der Waals surface area contributed by atoms with Crippen LogP contribution in [0.1, 0.15) is 42.5 Å². The Morgan fingerprint density at radius 1 is 1.37 bits per heavy atom. The van der Waals surface area contributed by atoms with E-state index in [2.05, 4.69) is 11.1 Å². The highest BCUT2D eigenvalue weighted by molar-refractivity contribution is 5.43. The van der Waals surface area contributed by atoms with Crippen molar-refractivity contribution in [2.75, 3.05) is 6.54 Å². The fraction of sp³-hybridized carbons (Fsp3) is 0.600. The van der Waals surface area contributed by atoms with Crippen LogP contribution in [0.2, 0.25) is 0 Å². The largest absolute Gasteiger partial charge is 0.473 e. The highest BCUT2D eigenvalue weighted by atomic mass is 16.5. The highest BCUT2D eigenvalue weighted by Crippen LogP contribution is 2.32. The topological polar surface area (TPSA) is 71.9 Å². The second-order valence-corrected chi connectivity index (χ2v) is 5.58. The molecule has 1 heterocycles. The summed E-state index contributed by atoms with van der Waals surface area (Å²) in [6.45, 7) is 0.725. The van der Waals surface area contributed by atoms with E-state index in [1.165, 1.54) is 18.4 Å². The molecule has 0 atom stereocenters. The molecule has 2 aliphatic rings. The SMILES string of the molecule is N#Cc1cc2c(nc1OC1CC(CN)C1)CCCC2. The molecule has 0 aromatic carbocycles. The number of ether oxygens (including phenoxy) is 1. The van der Waals surface area contributed by atoms with E-state index in [9.17, 15) is 5.26 Å². The molecule has 3 rings (SSSR count). The normalized spacial score (nSPS) is 25.1. The van der Waals surface area contributed by atoms with Crippen molar-refractivity contribution >= 4 is 0 Å². The smallest absolute Gasteiger partial charge is 0.232 e. The van der Waals surface area contributed by atoms with Crippen molar-refractivity contribution in [1.82, 2.24) is 4.98 Å². The minimum atomic E-state index is 0.190. The van der Waals surface area contributed by atoms with Gasteiger partial charge in [0.1, 0.15) is 17.7 Å². The van der Waals surface area contributed by atoms with Gasteiger partial charge in [-0.15, -0.1) is 0 Å². The minimum absolute atomic E-state index is 0.190. The van der Waals surface area contributed by atoms with Crippen LogP contribution in [0.25, 0.3) is 0 Å². The Morgan fingerprint density at radius 2 is 2.16 bits per heavy atom. The lowest BCUT2D eigenvalue weighted by Crippen LogP contribution is -2.38. The number of hydrogen-bond acceptors (Lipinski definition) is 4. The van der Waals surface area contributed by atoms with E-state index >= 15 is 0 Å². The number of pyridine rings is 1. The third-order valence-corrected chi connectivity index (χ3v) is 4.19. The van der Waals surface area contributed by atoms with Crippen molar-refractivity contribution in [3.8, 4) is 11.9 Å². The van der Waals surface area contributed by atoms with Crippen LogP contribution in [-0.2, 0) is 12.8 Å². The van der Waals surface area contributed by atoms with Crippen LogP contribution >= 0.6 is 0 Å². The first-order chi connectivity index (χ1) is 9.30. The summed E-state index contributed by atoms with van der Waals surface area (Å²) in [5, 5.41) is 9.23. The predicted molar refractivity (Wildman–Crippen MR) is 71.8 cm³/mol. The Balaban J connectivity index is 1.78. The molecule has 2 aliphatic carbocycles. The van der Waals surface area contributed by atoms with Gasteiger partial charge < -0.3 is 10.5 Å². The average Bonchev–Trinajstić information content (AvgIpc) is 2.41. The zero-order chi connectivity index (χ0) is 13.2. The van der Waals surface area contributed by atoms with Crippen molar-refractivity contribution in [2.24, 2.45) is 11.7 Å². The first kappa shape index (κ1) is 12.4. The third kappa shape index (κ3) is 2.43. The lowest BCUT2D eigenvalue weighted by atomic mass is 9.82. The average molecular weight is 257 g/mol. The Morgan fingerprint density at radius 3 is 2.89 bits per heavy atom. The molecule has 4 heteroatoms. The van der Waals surface area contributed by atoms with E-state index in [0.29, 0.717) is 17.4 Å². The summed E-state index contributed by atoms with van der Waals surface area (Å²) in [4.78, 5) is 4.58. The summed E-state index contributed by atoms with van der Waals surface area (Å²) in [5.74, 6) is 1.11. The van der Waals surface area contributed by atoms with Crippen LogP contribution in [0.3, 0.4) is 0 Å². The standard InChI is InChI=1S/C15H19N3O/c16-8-10-5-13(6-10)19-15-12(9-17)7-11-3-1-2-4-14(11)18-15/h7,10,13H,1-6,8,16H2. The van der Waals surface area contributed by atoms with Gasteiger partial charge in [-0.1, -0.05) is 0 Å². The van der Waals surface area contributed by atoms with Gasteiger partial charge in [0.05, 0.1) is 0 Å². The molecule has 100 valence electrons. The molecule has 0 bridgehead atoms. The molecule has 0 radical (unpaired) electrons. The summed E-state index contributed by atoms with van der Waals surface area (Å²) >= 11 is 0. The van der Waals surface area contributed by atoms with Gasteiger partial charge in [-0.05, 0) is 62.6 Å². The second-order valence-electron chi connectivity index (χ2n) is 5.58. The van der Waals surface area contributed by atoms with E-state index in [1.54, 1.807) is 0 Å². The number of nitriles is 1. The summed E-state index contributed by atoms with van der Waals surface area (Å²) < 4.78 is 5.88. The summed E-state index contributed by atoms with van der Waals surface area (Å²) in [5.41, 5.74) is 8.54. The lowest BCUT2D eigenvalue weighted by Gasteiger charge is -2.34. The van der Waals surface area contributed by atoms with Gasteiger partial charge in [0, 0.05) is 5.69 Å². The molecule has 2 N–H and O–H groups in total. The minimum Gasteiger partial charge on any atom is -0.473 e. The molecular weight excluding hydrogens is 238 g/mol. The molecule has 4 nitrogen and oxygen atoms in total. The van der Waals surface area contributed by atoms with E-state index in [-0.39, 0.29) is 6.10 Å². The van der Waals surface area contributed by atoms with E-state index in [0.717, 1.165) is 37.9 Å². The Hall–Kier alpha value is -1.60. The highest BCUT2D eigenvalue weighted by Gasteiger charge is 2.31. The molecule has 0 aliphatic heterocycles. The molecule has 0 unspecified atom stereocenters. The molecule has 0 spiro atoms. The summed E-state index contributed by atoms with van der Waals surface area (Å²) in [6, 6.07) is 4.18. The molecule has 0 saturated heterocycles. The van der Waals surface area contributed by atoms with Crippen LogP contribution in [0, 0.1) is 17.2 Å². The molecule has 1 saturated carbocycles. The van der Waals surface area contributed by atoms with Crippen LogP contribution in [0.5, 0.6) is 5.88 Å². The van der Waals surface area contributed by atoms with Gasteiger partial charge in [-0.25, -0.2) is 4.98 Å². The zero-order valence-electron chi connectivity index (χ0n) is 11.1. The Kier molecular flexibility index (Phi) is 3.39. The maximum atomic E-state index is 9.23. The number of nitrogens with two attached hydrogens (primary N) is 1. The Labute approximate surface area is 113 Å². The van der Waals surface area contributed by atoms with Gasteiger partial charge >= 0.3 is 0 Å². The monoisotopic (exact) mass is 257 g/mol. The molecule has 1 fully saturated rings. The van der Waals surface area contributed by atoms with Crippen molar-refractivity contribution in [3.05, 3.63) is 22.9 Å². The zero-order valence-corrected chi connectivity index (χ0v) is 11.1. The van der Waals surface area contributed by atoms with Gasteiger partial charge in [-0.3, -0.25) is 0 Å². The fourth-order valence-corrected chi connectivity index (χ4v) is 2.91. The number of rotatable bonds is 3. The second kappa shape index (κ2) is 5.18. The summed E-state index contributed by atoms with van der Waals surface area (Å²) in [7, 11) is 0. The van der Waals surface area contributed by atoms with Gasteiger partial charge in [0.25, 0.3) is 0 Å². The number of aromatic nitrogens is 1. The Bertz CT molecular complexity index is 515. The van der Waals surface area contributed by atoms with Crippen LogP contribution in [-0.4, -0.2) is 17.6 Å². The van der Waals surface area contributed by atoms with Crippen molar-refractivity contribution in [3.63, 3.8) is 0 Å². The van der Waals surface area contributed by atoms with E-state index in [4.69, 9.17) is 10.5 Å².